The SMILES string of the molecule is CCc1nc(Cl)cc(N)c1Cl. The molecule has 0 aromatic carbocycles. The number of nitrogens with two attached hydrogens (primary N) is 1. The van der Waals surface area contributed by atoms with Gasteiger partial charge in [-0.15, -0.1) is 0 Å². The van der Waals surface area contributed by atoms with Crippen LogP contribution >= 0.6 is 23.2 Å². The van der Waals surface area contributed by atoms with Crippen molar-refractivity contribution in [2.45, 2.75) is 13.3 Å². The van der Waals surface area contributed by atoms with Gasteiger partial charge in [0.2, 0.25) is 0 Å². The Morgan fingerprint density at radius 3 is 2.73 bits per heavy atom. The number of rotatable bonds is 1. The topological polar surface area (TPSA) is 38.9 Å². The summed E-state index contributed by atoms with van der Waals surface area (Å²) in [5.41, 5.74) is 6.78. The predicted molar refractivity (Wildman–Crippen MR) is 48.0 cm³/mol. The number of nitrogens with zero attached hydrogens (tertiary/aromatic N) is 1. The summed E-state index contributed by atoms with van der Waals surface area (Å²) < 4.78 is 0. The van der Waals surface area contributed by atoms with E-state index in [1.54, 1.807) is 6.07 Å². The first kappa shape index (κ1) is 8.62. The smallest absolute Gasteiger partial charge is 0.131 e. The summed E-state index contributed by atoms with van der Waals surface area (Å²) in [5, 5.41) is 0.903. The minimum atomic E-state index is 0.392. The molecule has 0 unspecified atom stereocenters. The molecule has 0 aliphatic heterocycles. The largest absolute Gasteiger partial charge is 0.397 e. The summed E-state index contributed by atoms with van der Waals surface area (Å²) in [4.78, 5) is 4.01. The molecule has 2 nitrogen and oxygen atoms in total. The van der Waals surface area contributed by atoms with Gasteiger partial charge in [0.1, 0.15) is 5.15 Å². The van der Waals surface area contributed by atoms with Crippen molar-refractivity contribution >= 4 is 28.9 Å². The van der Waals surface area contributed by atoms with Crippen molar-refractivity contribution in [1.29, 1.82) is 0 Å². The minimum Gasteiger partial charge on any atom is -0.397 e. The maximum absolute atomic E-state index is 5.82. The second-order valence-corrected chi connectivity index (χ2v) is 2.91. The van der Waals surface area contributed by atoms with Crippen LogP contribution in [0.25, 0.3) is 0 Å². The fraction of sp³-hybridized carbons (Fsp3) is 0.286. The van der Waals surface area contributed by atoms with Gasteiger partial charge in [-0.3, -0.25) is 0 Å². The summed E-state index contributed by atoms with van der Waals surface area (Å²) in [6.45, 7) is 1.95. The number of halogens is 2. The average Bonchev–Trinajstić information content (AvgIpc) is 1.96. The van der Waals surface area contributed by atoms with Crippen LogP contribution in [0.4, 0.5) is 5.69 Å². The number of anilines is 1. The second kappa shape index (κ2) is 3.28. The Morgan fingerprint density at radius 2 is 2.18 bits per heavy atom. The van der Waals surface area contributed by atoms with Crippen LogP contribution in [0.5, 0.6) is 0 Å². The quantitative estimate of drug-likeness (QED) is 0.692. The molecule has 0 saturated heterocycles. The van der Waals surface area contributed by atoms with Crippen LogP contribution in [-0.4, -0.2) is 4.98 Å². The Kier molecular flexibility index (Phi) is 2.58. The average molecular weight is 191 g/mol. The van der Waals surface area contributed by atoms with Gasteiger partial charge in [-0.2, -0.15) is 0 Å². The lowest BCUT2D eigenvalue weighted by Gasteiger charge is -2.03. The molecule has 0 radical (unpaired) electrons. The molecule has 0 aliphatic carbocycles. The van der Waals surface area contributed by atoms with Crippen LogP contribution < -0.4 is 5.73 Å². The summed E-state index contributed by atoms with van der Waals surface area (Å²) >= 11 is 11.5. The lowest BCUT2D eigenvalue weighted by Crippen LogP contribution is -1.94. The van der Waals surface area contributed by atoms with E-state index in [2.05, 4.69) is 4.98 Å². The molecule has 0 amide bonds. The lowest BCUT2D eigenvalue weighted by atomic mass is 10.3. The molecule has 0 fully saturated rings. The van der Waals surface area contributed by atoms with Gasteiger partial charge in [0, 0.05) is 0 Å². The van der Waals surface area contributed by atoms with E-state index in [4.69, 9.17) is 28.9 Å². The predicted octanol–water partition coefficient (Wildman–Crippen LogP) is 2.53. The monoisotopic (exact) mass is 190 g/mol. The van der Waals surface area contributed by atoms with Gasteiger partial charge >= 0.3 is 0 Å². The van der Waals surface area contributed by atoms with E-state index < -0.39 is 0 Å². The van der Waals surface area contributed by atoms with E-state index in [1.807, 2.05) is 6.92 Å². The zero-order valence-corrected chi connectivity index (χ0v) is 7.58. The van der Waals surface area contributed by atoms with Crippen LogP contribution in [0.15, 0.2) is 6.07 Å². The molecule has 1 rings (SSSR count). The lowest BCUT2D eigenvalue weighted by molar-refractivity contribution is 1.04. The molecule has 0 aliphatic rings. The fourth-order valence-corrected chi connectivity index (χ4v) is 1.25. The summed E-state index contributed by atoms with van der Waals surface area (Å²) in [6, 6.07) is 1.54. The van der Waals surface area contributed by atoms with Gasteiger partial charge in [-0.25, -0.2) is 4.98 Å². The van der Waals surface area contributed by atoms with Crippen molar-refractivity contribution in [3.05, 3.63) is 21.9 Å². The van der Waals surface area contributed by atoms with Gasteiger partial charge < -0.3 is 5.73 Å². The maximum atomic E-state index is 5.82. The highest BCUT2D eigenvalue weighted by Crippen LogP contribution is 2.24. The highest BCUT2D eigenvalue weighted by Gasteiger charge is 2.04. The standard InChI is InChI=1S/C7H8Cl2N2/c1-2-5-7(9)4(10)3-6(8)11-5/h3H,2H2,1H3,(H2,10,11). The number of pyridine rings is 1. The number of nitrogen functional groups attached to an aromatic ring is 1. The number of aromatic nitrogens is 1. The third-order valence-corrected chi connectivity index (χ3v) is 1.99. The molecule has 0 saturated carbocycles. The fourth-order valence-electron chi connectivity index (χ4n) is 0.803. The van der Waals surface area contributed by atoms with Crippen LogP contribution in [0, 0.1) is 0 Å². The normalized spacial score (nSPS) is 10.1. The van der Waals surface area contributed by atoms with E-state index in [-0.39, 0.29) is 0 Å². The van der Waals surface area contributed by atoms with Crippen LogP contribution in [0.1, 0.15) is 12.6 Å². The first-order valence-corrected chi connectivity index (χ1v) is 4.01. The Balaban J connectivity index is 3.24. The third-order valence-electron chi connectivity index (χ3n) is 1.36. The van der Waals surface area contributed by atoms with Crippen LogP contribution in [0.3, 0.4) is 0 Å². The molecule has 0 atom stereocenters. The first-order chi connectivity index (χ1) is 5.15. The molecule has 0 spiro atoms. The zero-order chi connectivity index (χ0) is 8.43. The molecule has 60 valence electrons. The Hall–Kier alpha value is -0.470. The highest BCUT2D eigenvalue weighted by molar-refractivity contribution is 6.35. The highest BCUT2D eigenvalue weighted by atomic mass is 35.5. The number of hydrogen-bond acceptors (Lipinski definition) is 2. The van der Waals surface area contributed by atoms with Gasteiger partial charge in [0.05, 0.1) is 16.4 Å². The van der Waals surface area contributed by atoms with E-state index >= 15 is 0 Å². The first-order valence-electron chi connectivity index (χ1n) is 3.25. The molecular formula is C7H8Cl2N2. The molecular weight excluding hydrogens is 183 g/mol. The van der Waals surface area contributed by atoms with Gasteiger partial charge in [-0.1, -0.05) is 30.1 Å². The van der Waals surface area contributed by atoms with Crippen molar-refractivity contribution in [3.8, 4) is 0 Å². The Morgan fingerprint density at radius 1 is 1.55 bits per heavy atom. The van der Waals surface area contributed by atoms with Crippen molar-refractivity contribution in [2.24, 2.45) is 0 Å². The van der Waals surface area contributed by atoms with Crippen molar-refractivity contribution < 1.29 is 0 Å². The van der Waals surface area contributed by atoms with Crippen LogP contribution in [-0.2, 0) is 6.42 Å². The summed E-state index contributed by atoms with van der Waals surface area (Å²) in [6.07, 6.45) is 0.740. The minimum absolute atomic E-state index is 0.392. The van der Waals surface area contributed by atoms with E-state index in [0.717, 1.165) is 12.1 Å². The van der Waals surface area contributed by atoms with Gasteiger partial charge in [-0.05, 0) is 12.5 Å². The second-order valence-electron chi connectivity index (χ2n) is 2.15. The molecule has 2 N–H and O–H groups in total. The van der Waals surface area contributed by atoms with E-state index in [9.17, 15) is 0 Å². The van der Waals surface area contributed by atoms with Crippen molar-refractivity contribution in [3.63, 3.8) is 0 Å². The molecule has 1 aromatic rings. The number of aryl methyl sites for hydroxylation is 1. The Labute approximate surface area is 75.3 Å². The van der Waals surface area contributed by atoms with Gasteiger partial charge in [0.25, 0.3) is 0 Å². The molecule has 1 aromatic heterocycles. The molecule has 1 heterocycles. The third kappa shape index (κ3) is 1.76. The molecule has 11 heavy (non-hydrogen) atoms. The summed E-state index contributed by atoms with van der Waals surface area (Å²) in [7, 11) is 0. The van der Waals surface area contributed by atoms with E-state index in [0.29, 0.717) is 15.9 Å². The zero-order valence-electron chi connectivity index (χ0n) is 6.06. The Bertz CT molecular complexity index is 273. The summed E-state index contributed by atoms with van der Waals surface area (Å²) in [5.74, 6) is 0. The molecule has 4 heteroatoms. The molecule has 0 bridgehead atoms. The van der Waals surface area contributed by atoms with Crippen molar-refractivity contribution in [1.82, 2.24) is 4.98 Å². The van der Waals surface area contributed by atoms with Crippen molar-refractivity contribution in [2.75, 3.05) is 5.73 Å². The maximum Gasteiger partial charge on any atom is 0.131 e. The van der Waals surface area contributed by atoms with Gasteiger partial charge in [0.15, 0.2) is 0 Å². The van der Waals surface area contributed by atoms with E-state index in [1.165, 1.54) is 0 Å². The number of hydrogen-bond donors (Lipinski definition) is 1. The van der Waals surface area contributed by atoms with Crippen LogP contribution in [0.2, 0.25) is 10.2 Å².